The van der Waals surface area contributed by atoms with E-state index in [4.69, 9.17) is 0 Å². The smallest absolute Gasteiger partial charge is 0.236 e. The molecule has 1 aromatic heterocycles. The van der Waals surface area contributed by atoms with E-state index in [0.29, 0.717) is 6.54 Å². The van der Waals surface area contributed by atoms with E-state index in [9.17, 15) is 4.79 Å². The van der Waals surface area contributed by atoms with E-state index in [1.807, 2.05) is 12.3 Å². The highest BCUT2D eigenvalue weighted by Gasteiger charge is 2.17. The van der Waals surface area contributed by atoms with Gasteiger partial charge in [0.15, 0.2) is 0 Å². The lowest BCUT2D eigenvalue weighted by Crippen LogP contribution is -2.32. The minimum Gasteiger partial charge on any atom is -0.339 e. The van der Waals surface area contributed by atoms with Crippen molar-refractivity contribution >= 4 is 33.2 Å². The molecule has 1 amide bonds. The van der Waals surface area contributed by atoms with E-state index in [2.05, 4.69) is 20.9 Å². The number of thiazole rings is 1. The second-order valence-electron chi connectivity index (χ2n) is 3.05. The third-order valence-electron chi connectivity index (χ3n) is 1.89. The van der Waals surface area contributed by atoms with Crippen LogP contribution in [0.15, 0.2) is 10.9 Å². The summed E-state index contributed by atoms with van der Waals surface area (Å²) < 4.78 is 0. The highest BCUT2D eigenvalue weighted by atomic mass is 79.9. The summed E-state index contributed by atoms with van der Waals surface area (Å²) in [5, 5.41) is 1.96. The Morgan fingerprint density at radius 3 is 3.00 bits per heavy atom. The Hall–Kier alpha value is -0.420. The van der Waals surface area contributed by atoms with Crippen molar-refractivity contribution in [2.45, 2.75) is 24.7 Å². The maximum Gasteiger partial charge on any atom is 0.236 e. The molecule has 78 valence electrons. The molecule has 0 aliphatic rings. The fourth-order valence-corrected chi connectivity index (χ4v) is 1.95. The van der Waals surface area contributed by atoms with Crippen LogP contribution in [0.4, 0.5) is 0 Å². The Morgan fingerprint density at radius 2 is 2.50 bits per heavy atom. The van der Waals surface area contributed by atoms with Crippen LogP contribution in [0.2, 0.25) is 0 Å². The van der Waals surface area contributed by atoms with E-state index in [1.54, 1.807) is 28.8 Å². The average molecular weight is 277 g/mol. The van der Waals surface area contributed by atoms with Gasteiger partial charge in [-0.25, -0.2) is 4.98 Å². The first-order valence-electron chi connectivity index (χ1n) is 4.41. The van der Waals surface area contributed by atoms with E-state index in [1.165, 1.54) is 0 Å². The summed E-state index contributed by atoms with van der Waals surface area (Å²) in [5.41, 5.74) is 2.72. The minimum absolute atomic E-state index is 0.0777. The van der Waals surface area contributed by atoms with Crippen molar-refractivity contribution in [3.63, 3.8) is 0 Å². The lowest BCUT2D eigenvalue weighted by molar-refractivity contribution is -0.129. The van der Waals surface area contributed by atoms with Crippen LogP contribution in [0.5, 0.6) is 0 Å². The molecule has 0 aliphatic carbocycles. The van der Waals surface area contributed by atoms with Crippen molar-refractivity contribution in [1.82, 2.24) is 9.88 Å². The van der Waals surface area contributed by atoms with Gasteiger partial charge in [0.1, 0.15) is 0 Å². The number of nitrogens with zero attached hydrogens (tertiary/aromatic N) is 2. The van der Waals surface area contributed by atoms with Gasteiger partial charge in [-0.1, -0.05) is 22.9 Å². The van der Waals surface area contributed by atoms with Crippen LogP contribution in [0, 0.1) is 0 Å². The van der Waals surface area contributed by atoms with Crippen molar-refractivity contribution in [3.05, 3.63) is 16.6 Å². The molecule has 14 heavy (non-hydrogen) atoms. The SMILES string of the molecule is CCC(Br)C(=O)N(C)Cc1cscn1. The summed E-state index contributed by atoms with van der Waals surface area (Å²) in [4.78, 5) is 17.4. The molecule has 0 aromatic carbocycles. The summed E-state index contributed by atoms with van der Waals surface area (Å²) in [5.74, 6) is 0.112. The quantitative estimate of drug-likeness (QED) is 0.791. The van der Waals surface area contributed by atoms with Crippen molar-refractivity contribution in [2.24, 2.45) is 0 Å². The van der Waals surface area contributed by atoms with Gasteiger partial charge in [-0.2, -0.15) is 0 Å². The average Bonchev–Trinajstić information content (AvgIpc) is 2.68. The van der Waals surface area contributed by atoms with Gasteiger partial charge in [0, 0.05) is 12.4 Å². The van der Waals surface area contributed by atoms with Crippen LogP contribution in [0.1, 0.15) is 19.0 Å². The second kappa shape index (κ2) is 5.46. The fourth-order valence-electron chi connectivity index (χ4n) is 1.05. The molecule has 1 atom stereocenters. The van der Waals surface area contributed by atoms with Gasteiger partial charge in [0.25, 0.3) is 0 Å². The second-order valence-corrected chi connectivity index (χ2v) is 4.87. The molecule has 1 heterocycles. The molecule has 3 nitrogen and oxygen atoms in total. The number of carbonyl (C=O) groups is 1. The van der Waals surface area contributed by atoms with Crippen LogP contribution in [0.3, 0.4) is 0 Å². The molecule has 0 saturated heterocycles. The van der Waals surface area contributed by atoms with Crippen molar-refractivity contribution in [1.29, 1.82) is 0 Å². The van der Waals surface area contributed by atoms with Crippen LogP contribution < -0.4 is 0 Å². The summed E-state index contributed by atoms with van der Waals surface area (Å²) in [6.45, 7) is 2.57. The first kappa shape index (κ1) is 11.7. The van der Waals surface area contributed by atoms with Gasteiger partial charge in [0.05, 0.1) is 22.6 Å². The minimum atomic E-state index is -0.0777. The number of carbonyl (C=O) groups excluding carboxylic acids is 1. The van der Waals surface area contributed by atoms with E-state index in [-0.39, 0.29) is 10.7 Å². The van der Waals surface area contributed by atoms with Gasteiger partial charge < -0.3 is 4.90 Å². The molecular weight excluding hydrogens is 264 g/mol. The Bertz CT molecular complexity index is 289. The normalized spacial score (nSPS) is 12.5. The van der Waals surface area contributed by atoms with Crippen molar-refractivity contribution in [2.75, 3.05) is 7.05 Å². The van der Waals surface area contributed by atoms with Gasteiger partial charge >= 0.3 is 0 Å². The topological polar surface area (TPSA) is 33.2 Å². The molecule has 0 fully saturated rings. The van der Waals surface area contributed by atoms with Crippen LogP contribution in [-0.4, -0.2) is 27.7 Å². The molecule has 0 aliphatic heterocycles. The maximum atomic E-state index is 11.7. The monoisotopic (exact) mass is 276 g/mol. The molecule has 1 unspecified atom stereocenters. The number of halogens is 1. The number of hydrogen-bond donors (Lipinski definition) is 0. The molecule has 0 spiro atoms. The molecule has 5 heteroatoms. The number of amides is 1. The standard InChI is InChI=1S/C9H13BrN2OS/c1-3-8(10)9(13)12(2)4-7-5-14-6-11-7/h5-6,8H,3-4H2,1-2H3. The lowest BCUT2D eigenvalue weighted by atomic mass is 10.3. The number of alkyl halides is 1. The van der Waals surface area contributed by atoms with E-state index in [0.717, 1.165) is 12.1 Å². The van der Waals surface area contributed by atoms with Gasteiger partial charge in [0.2, 0.25) is 5.91 Å². The zero-order valence-corrected chi connectivity index (χ0v) is 10.6. The largest absolute Gasteiger partial charge is 0.339 e. The molecule has 1 aromatic rings. The summed E-state index contributed by atoms with van der Waals surface area (Å²) in [6.07, 6.45) is 0.806. The lowest BCUT2D eigenvalue weighted by Gasteiger charge is -2.18. The molecule has 1 rings (SSSR count). The molecule has 0 N–H and O–H groups in total. The van der Waals surface area contributed by atoms with Crippen LogP contribution in [0.25, 0.3) is 0 Å². The zero-order valence-electron chi connectivity index (χ0n) is 8.24. The number of rotatable bonds is 4. The Kier molecular flexibility index (Phi) is 4.54. The summed E-state index contributed by atoms with van der Waals surface area (Å²) in [6, 6.07) is 0. The van der Waals surface area contributed by atoms with Gasteiger partial charge in [-0.05, 0) is 6.42 Å². The maximum absolute atomic E-state index is 11.7. The highest BCUT2D eigenvalue weighted by Crippen LogP contribution is 2.11. The third kappa shape index (κ3) is 3.06. The van der Waals surface area contributed by atoms with Crippen molar-refractivity contribution < 1.29 is 4.79 Å². The zero-order chi connectivity index (χ0) is 10.6. The third-order valence-corrected chi connectivity index (χ3v) is 3.56. The van der Waals surface area contributed by atoms with Gasteiger partial charge in [-0.15, -0.1) is 11.3 Å². The molecular formula is C9H13BrN2OS. The number of aromatic nitrogens is 1. The first-order chi connectivity index (χ1) is 6.65. The first-order valence-corrected chi connectivity index (χ1v) is 6.27. The summed E-state index contributed by atoms with van der Waals surface area (Å²) >= 11 is 4.88. The van der Waals surface area contributed by atoms with Crippen LogP contribution in [-0.2, 0) is 11.3 Å². The molecule has 0 radical (unpaired) electrons. The fraction of sp³-hybridized carbons (Fsp3) is 0.556. The molecule has 0 saturated carbocycles. The van der Waals surface area contributed by atoms with Crippen LogP contribution >= 0.6 is 27.3 Å². The number of hydrogen-bond acceptors (Lipinski definition) is 3. The van der Waals surface area contributed by atoms with Gasteiger partial charge in [-0.3, -0.25) is 4.79 Å². The van der Waals surface area contributed by atoms with E-state index < -0.39 is 0 Å². The molecule has 0 bridgehead atoms. The summed E-state index contributed by atoms with van der Waals surface area (Å²) in [7, 11) is 1.80. The Morgan fingerprint density at radius 1 is 1.79 bits per heavy atom. The highest BCUT2D eigenvalue weighted by molar-refractivity contribution is 9.10. The predicted molar refractivity (Wildman–Crippen MR) is 61.6 cm³/mol. The predicted octanol–water partition coefficient (Wildman–Crippen LogP) is 2.28. The van der Waals surface area contributed by atoms with E-state index >= 15 is 0 Å². The van der Waals surface area contributed by atoms with Crippen molar-refractivity contribution in [3.8, 4) is 0 Å². The Balaban J connectivity index is 2.50. The Labute approximate surface area is 96.3 Å².